The summed E-state index contributed by atoms with van der Waals surface area (Å²) in [6.07, 6.45) is -1.18. The number of aliphatic carboxylic acids is 1. The Labute approximate surface area is 348 Å². The summed E-state index contributed by atoms with van der Waals surface area (Å²) in [5.74, 6) is -7.88. The Morgan fingerprint density at radius 2 is 0.932 bits per heavy atom. The van der Waals surface area contributed by atoms with Crippen molar-refractivity contribution in [1.29, 1.82) is 16.2 Å². The fourth-order valence-corrected chi connectivity index (χ4v) is 5.29. The number of aliphatic hydroxyl groups excluding tert-OH is 1. The molecule has 336 valence electrons. The van der Waals surface area contributed by atoms with Crippen LogP contribution in [0.15, 0.2) is 0 Å². The second-order valence-corrected chi connectivity index (χ2v) is 14.3. The topological polar surface area (TPSA) is 444 Å². The molecule has 0 aliphatic heterocycles. The summed E-state index contributed by atoms with van der Waals surface area (Å²) < 4.78 is 0. The average Bonchev–Trinajstić information content (AvgIpc) is 3.14. The van der Waals surface area contributed by atoms with Crippen LogP contribution in [0.2, 0.25) is 0 Å². The highest BCUT2D eigenvalue weighted by Gasteiger charge is 2.34. The van der Waals surface area contributed by atoms with Crippen LogP contribution in [-0.4, -0.2) is 143 Å². The number of carboxylic acids is 1. The molecule has 0 aliphatic rings. The number of rotatable bonds is 28. The van der Waals surface area contributed by atoms with Crippen LogP contribution in [-0.2, 0) is 33.6 Å². The highest BCUT2D eigenvalue weighted by Crippen LogP contribution is 2.08. The standard InChI is InChI=1S/C33H64N16O9S/c1-15(2)22(48-25(52)18(34)14-59)28(55)46-19(8-5-11-41-31(35)36)26(53)44-16(3)24(51)45-20(9-6-12-42-32(37)38)27(54)49-23(17(4)50)29(56)47-21(30(57)58)10-7-13-43-33(39)40/h15-23,50,59H,5-14,34H2,1-4H3,(H,44,53)(H,45,51)(H,46,55)(H,47,56)(H,48,52)(H,49,54)(H,57,58)(H4,35,36,41)(H4,37,38,42)(H4,39,40,43)/t16-,17+,18-,19-,20-,21-,22-,23-/m0/s1. The number of nitrogens with one attached hydrogen (secondary N) is 12. The van der Waals surface area contributed by atoms with Crippen LogP contribution in [0.3, 0.4) is 0 Å². The number of guanidine groups is 3. The summed E-state index contributed by atoms with van der Waals surface area (Å²) in [5, 5.41) is 64.3. The van der Waals surface area contributed by atoms with E-state index in [-0.39, 0.29) is 81.8 Å². The van der Waals surface area contributed by atoms with Crippen molar-refractivity contribution in [2.75, 3.05) is 25.4 Å². The molecule has 22 N–H and O–H groups in total. The summed E-state index contributed by atoms with van der Waals surface area (Å²) in [5.41, 5.74) is 21.7. The number of nitrogens with two attached hydrogens (primary N) is 4. The van der Waals surface area contributed by atoms with Crippen LogP contribution >= 0.6 is 12.6 Å². The van der Waals surface area contributed by atoms with E-state index in [0.29, 0.717) is 0 Å². The maximum atomic E-state index is 13.6. The summed E-state index contributed by atoms with van der Waals surface area (Å²) in [4.78, 5) is 91.4. The molecule has 0 rings (SSSR count). The van der Waals surface area contributed by atoms with Crippen molar-refractivity contribution in [3.63, 3.8) is 0 Å². The largest absolute Gasteiger partial charge is 0.480 e. The van der Waals surface area contributed by atoms with Gasteiger partial charge in [0.1, 0.15) is 36.3 Å². The molecule has 0 spiro atoms. The Morgan fingerprint density at radius 1 is 0.559 bits per heavy atom. The van der Waals surface area contributed by atoms with Crippen molar-refractivity contribution in [3.05, 3.63) is 0 Å². The lowest BCUT2D eigenvalue weighted by Gasteiger charge is -2.28. The lowest BCUT2D eigenvalue weighted by molar-refractivity contribution is -0.143. The van der Waals surface area contributed by atoms with Gasteiger partial charge in [-0.1, -0.05) is 13.8 Å². The molecule has 8 atom stereocenters. The number of aliphatic hydroxyl groups is 1. The van der Waals surface area contributed by atoms with E-state index >= 15 is 0 Å². The first-order valence-electron chi connectivity index (χ1n) is 18.8. The first kappa shape index (κ1) is 53.4. The van der Waals surface area contributed by atoms with E-state index < -0.39 is 95.7 Å². The molecule has 0 unspecified atom stereocenters. The lowest BCUT2D eigenvalue weighted by atomic mass is 10.0. The van der Waals surface area contributed by atoms with Crippen molar-refractivity contribution in [3.8, 4) is 0 Å². The minimum atomic E-state index is -1.68. The van der Waals surface area contributed by atoms with Crippen molar-refractivity contribution < 1.29 is 43.8 Å². The van der Waals surface area contributed by atoms with Gasteiger partial charge >= 0.3 is 5.97 Å². The van der Waals surface area contributed by atoms with Crippen LogP contribution in [0.4, 0.5) is 0 Å². The molecule has 0 saturated carbocycles. The van der Waals surface area contributed by atoms with Gasteiger partial charge in [-0.15, -0.1) is 0 Å². The van der Waals surface area contributed by atoms with Crippen molar-refractivity contribution in [1.82, 2.24) is 47.9 Å². The maximum absolute atomic E-state index is 13.6. The predicted octanol–water partition coefficient (Wildman–Crippen LogP) is -5.92. The van der Waals surface area contributed by atoms with Crippen molar-refractivity contribution in [2.45, 2.75) is 115 Å². The molecule has 6 amide bonds. The molecule has 0 saturated heterocycles. The molecule has 0 aromatic rings. The van der Waals surface area contributed by atoms with Gasteiger partial charge in [-0.05, 0) is 58.3 Å². The van der Waals surface area contributed by atoms with Crippen LogP contribution in [0.5, 0.6) is 0 Å². The Balaban J connectivity index is 6.14. The average molecular weight is 861 g/mol. The van der Waals surface area contributed by atoms with Gasteiger partial charge in [-0.3, -0.25) is 45.0 Å². The number of thiol groups is 1. The Kier molecular flexibility index (Phi) is 25.2. The van der Waals surface area contributed by atoms with Gasteiger partial charge in [0.2, 0.25) is 35.4 Å². The van der Waals surface area contributed by atoms with Gasteiger partial charge in [0.15, 0.2) is 17.9 Å². The van der Waals surface area contributed by atoms with Crippen LogP contribution in [0.1, 0.15) is 66.2 Å². The zero-order chi connectivity index (χ0) is 45.4. The highest BCUT2D eigenvalue weighted by molar-refractivity contribution is 7.80. The molecular weight excluding hydrogens is 797 g/mol. The second-order valence-electron chi connectivity index (χ2n) is 13.9. The van der Waals surface area contributed by atoms with E-state index in [1.807, 2.05) is 0 Å². The number of carboxylic acid groups (broad SMARTS) is 1. The molecule has 0 aromatic carbocycles. The van der Waals surface area contributed by atoms with Crippen LogP contribution in [0, 0.1) is 22.1 Å². The van der Waals surface area contributed by atoms with Gasteiger partial charge in [-0.2, -0.15) is 12.6 Å². The minimum Gasteiger partial charge on any atom is -0.480 e. The molecule has 59 heavy (non-hydrogen) atoms. The lowest BCUT2D eigenvalue weighted by Crippen LogP contribution is -2.61. The summed E-state index contributed by atoms with van der Waals surface area (Å²) in [6, 6.07) is -9.21. The number of carbonyl (C=O) groups is 7. The van der Waals surface area contributed by atoms with E-state index in [0.717, 1.165) is 0 Å². The first-order valence-corrected chi connectivity index (χ1v) is 19.5. The van der Waals surface area contributed by atoms with E-state index in [1.54, 1.807) is 13.8 Å². The SMILES string of the molecule is CC(C)[C@H](NC(=O)[C@@H](N)CS)C(=O)N[C@@H](CCCNC(=N)N)C(=O)N[C@@H](C)C(=O)N[C@@H](CCCNC(=N)N)C(=O)N[C@H](C(=O)N[C@@H](CCCNC(=N)N)C(=O)O)[C@@H](C)O. The van der Waals surface area contributed by atoms with Gasteiger partial charge in [0.05, 0.1) is 12.1 Å². The smallest absolute Gasteiger partial charge is 0.326 e. The Hall–Kier alpha value is -5.63. The van der Waals surface area contributed by atoms with Gasteiger partial charge < -0.3 is 81.0 Å². The van der Waals surface area contributed by atoms with E-state index in [1.165, 1.54) is 13.8 Å². The summed E-state index contributed by atoms with van der Waals surface area (Å²) in [7, 11) is 0. The zero-order valence-electron chi connectivity index (χ0n) is 33.8. The predicted molar refractivity (Wildman–Crippen MR) is 221 cm³/mol. The second kappa shape index (κ2) is 27.9. The third kappa shape index (κ3) is 22.2. The minimum absolute atomic E-state index is 0.00385. The van der Waals surface area contributed by atoms with E-state index in [9.17, 15) is 43.8 Å². The highest BCUT2D eigenvalue weighted by atomic mass is 32.1. The molecule has 0 heterocycles. The van der Waals surface area contributed by atoms with E-state index in [2.05, 4.69) is 60.5 Å². The molecule has 0 bridgehead atoms. The fourth-order valence-electron chi connectivity index (χ4n) is 5.12. The van der Waals surface area contributed by atoms with Crippen LogP contribution < -0.4 is 70.8 Å². The zero-order valence-corrected chi connectivity index (χ0v) is 34.7. The van der Waals surface area contributed by atoms with E-state index in [4.69, 9.17) is 39.2 Å². The Morgan fingerprint density at radius 3 is 1.32 bits per heavy atom. The van der Waals surface area contributed by atoms with Gasteiger partial charge in [0.25, 0.3) is 0 Å². The molecule has 26 heteroatoms. The third-order valence-corrected chi connectivity index (χ3v) is 8.82. The number of carbonyl (C=O) groups excluding carboxylic acids is 6. The van der Waals surface area contributed by atoms with Crippen molar-refractivity contribution in [2.24, 2.45) is 28.9 Å². The molecule has 0 fully saturated rings. The van der Waals surface area contributed by atoms with Crippen LogP contribution in [0.25, 0.3) is 0 Å². The van der Waals surface area contributed by atoms with Crippen molar-refractivity contribution >= 4 is 71.9 Å². The van der Waals surface area contributed by atoms with Gasteiger partial charge in [0, 0.05) is 25.4 Å². The normalized spacial score (nSPS) is 14.9. The maximum Gasteiger partial charge on any atom is 0.326 e. The quantitative estimate of drug-likeness (QED) is 0.0151. The summed E-state index contributed by atoms with van der Waals surface area (Å²) in [6.45, 7) is 6.20. The third-order valence-electron chi connectivity index (χ3n) is 8.43. The fraction of sp³-hybridized carbons (Fsp3) is 0.697. The number of hydrogen-bond donors (Lipinski definition) is 19. The monoisotopic (exact) mass is 860 g/mol. The Bertz CT molecular complexity index is 1470. The molecule has 0 aromatic heterocycles. The first-order chi connectivity index (χ1) is 27.5. The number of hydrogen-bond acceptors (Lipinski definition) is 13. The molecule has 0 aliphatic carbocycles. The number of amides is 6. The molecule has 0 radical (unpaired) electrons. The summed E-state index contributed by atoms with van der Waals surface area (Å²) >= 11 is 4.00. The van der Waals surface area contributed by atoms with Gasteiger partial charge in [-0.25, -0.2) is 4.79 Å². The molecular formula is C33H64N16O9S. The molecule has 25 nitrogen and oxygen atoms in total.